The molecule has 0 amide bonds. The molecule has 0 atom stereocenters. The molecule has 22 heavy (non-hydrogen) atoms. The van der Waals surface area contributed by atoms with Crippen LogP contribution in [0, 0.1) is 0 Å². The van der Waals surface area contributed by atoms with Gasteiger partial charge in [0.05, 0.1) is 37.3 Å². The summed E-state index contributed by atoms with van der Waals surface area (Å²) in [5.41, 5.74) is 2.29. The molecule has 1 aliphatic rings. The Kier molecular flexibility index (Phi) is 4.31. The maximum Gasteiger partial charge on any atom is 0.232 e. The van der Waals surface area contributed by atoms with Crippen molar-refractivity contribution < 1.29 is 9.47 Å². The number of aromatic nitrogens is 3. The number of rotatable bonds is 4. The molecule has 0 N–H and O–H groups in total. The summed E-state index contributed by atoms with van der Waals surface area (Å²) in [6, 6.07) is 0. The summed E-state index contributed by atoms with van der Waals surface area (Å²) in [5.74, 6) is 0.615. The van der Waals surface area contributed by atoms with Gasteiger partial charge in [-0.15, -0.1) is 0 Å². The largest absolute Gasteiger partial charge is 0.475 e. The molecule has 2 aromatic heterocycles. The number of ether oxygens (including phenoxy) is 2. The van der Waals surface area contributed by atoms with Crippen molar-refractivity contribution in [3.8, 4) is 5.88 Å². The fourth-order valence-electron chi connectivity index (χ4n) is 2.62. The molecule has 1 saturated heterocycles. The van der Waals surface area contributed by atoms with Gasteiger partial charge in [-0.2, -0.15) is 5.10 Å². The summed E-state index contributed by atoms with van der Waals surface area (Å²) in [6.45, 7) is 11.6. The molecule has 0 saturated carbocycles. The average molecular weight is 304 g/mol. The summed E-state index contributed by atoms with van der Waals surface area (Å²) in [5, 5.41) is 4.41. The van der Waals surface area contributed by atoms with Crippen LogP contribution < -0.4 is 4.74 Å². The predicted molar refractivity (Wildman–Crippen MR) is 84.4 cm³/mol. The third kappa shape index (κ3) is 3.39. The molecule has 0 aromatic carbocycles. The van der Waals surface area contributed by atoms with Crippen LogP contribution in [0.25, 0.3) is 5.52 Å². The Morgan fingerprint density at radius 1 is 1.23 bits per heavy atom. The summed E-state index contributed by atoms with van der Waals surface area (Å²) in [7, 11) is 0. The van der Waals surface area contributed by atoms with Crippen LogP contribution in [-0.4, -0.2) is 59.0 Å². The minimum absolute atomic E-state index is 0.0577. The Morgan fingerprint density at radius 3 is 2.73 bits per heavy atom. The number of nitrogens with zero attached hydrogens (tertiary/aromatic N) is 4. The summed E-state index contributed by atoms with van der Waals surface area (Å²) in [6.07, 6.45) is 5.61. The van der Waals surface area contributed by atoms with Gasteiger partial charge < -0.3 is 9.47 Å². The van der Waals surface area contributed by atoms with Gasteiger partial charge in [0.15, 0.2) is 0 Å². The zero-order valence-corrected chi connectivity index (χ0v) is 13.6. The second-order valence-electron chi connectivity index (χ2n) is 6.67. The van der Waals surface area contributed by atoms with Crippen LogP contribution in [0.15, 0.2) is 18.6 Å². The first-order valence-electron chi connectivity index (χ1n) is 7.81. The van der Waals surface area contributed by atoms with Crippen LogP contribution in [0.4, 0.5) is 0 Å². The highest BCUT2D eigenvalue weighted by Crippen LogP contribution is 2.26. The Balaban J connectivity index is 1.63. The number of fused-ring (bicyclic) bond motifs is 1. The molecular weight excluding hydrogens is 280 g/mol. The topological polar surface area (TPSA) is 51.9 Å². The first kappa shape index (κ1) is 15.2. The van der Waals surface area contributed by atoms with Crippen molar-refractivity contribution in [2.24, 2.45) is 0 Å². The second-order valence-corrected chi connectivity index (χ2v) is 6.67. The maximum atomic E-state index is 5.76. The van der Waals surface area contributed by atoms with E-state index in [0.29, 0.717) is 12.5 Å². The van der Waals surface area contributed by atoms with E-state index in [1.807, 2.05) is 23.1 Å². The molecule has 0 spiro atoms. The van der Waals surface area contributed by atoms with E-state index in [4.69, 9.17) is 9.47 Å². The van der Waals surface area contributed by atoms with Crippen molar-refractivity contribution in [1.82, 2.24) is 19.5 Å². The van der Waals surface area contributed by atoms with Crippen LogP contribution in [-0.2, 0) is 10.2 Å². The van der Waals surface area contributed by atoms with Gasteiger partial charge in [0.25, 0.3) is 0 Å². The standard InChI is InChI=1S/C16H24N4O2/c1-16(2,3)13-10-18-20-12-15(17-11-14(13)20)22-9-6-19-4-7-21-8-5-19/h10-12H,4-9H2,1-3H3. The third-order valence-electron chi connectivity index (χ3n) is 3.95. The Labute approximate surface area is 131 Å². The smallest absolute Gasteiger partial charge is 0.232 e. The van der Waals surface area contributed by atoms with Gasteiger partial charge in [-0.05, 0) is 5.41 Å². The highest BCUT2D eigenvalue weighted by molar-refractivity contribution is 5.55. The summed E-state index contributed by atoms with van der Waals surface area (Å²) in [4.78, 5) is 6.75. The third-order valence-corrected chi connectivity index (χ3v) is 3.95. The first-order valence-corrected chi connectivity index (χ1v) is 7.81. The molecule has 2 aromatic rings. The van der Waals surface area contributed by atoms with Crippen molar-refractivity contribution in [3.05, 3.63) is 24.2 Å². The molecule has 0 radical (unpaired) electrons. The SMILES string of the molecule is CC(C)(C)c1cnn2cc(OCCN3CCOCC3)ncc12. The van der Waals surface area contributed by atoms with Gasteiger partial charge in [-0.1, -0.05) is 20.8 Å². The Hall–Kier alpha value is -1.66. The van der Waals surface area contributed by atoms with Crippen LogP contribution in [0.2, 0.25) is 0 Å². The van der Waals surface area contributed by atoms with E-state index in [1.54, 1.807) is 0 Å². The molecule has 0 aliphatic carbocycles. The lowest BCUT2D eigenvalue weighted by Crippen LogP contribution is -2.38. The fraction of sp³-hybridized carbons (Fsp3) is 0.625. The number of morpholine rings is 1. The number of hydrogen-bond acceptors (Lipinski definition) is 5. The zero-order valence-electron chi connectivity index (χ0n) is 13.6. The lowest BCUT2D eigenvalue weighted by molar-refractivity contribution is 0.0319. The summed E-state index contributed by atoms with van der Waals surface area (Å²) >= 11 is 0. The van der Waals surface area contributed by atoms with Gasteiger partial charge >= 0.3 is 0 Å². The van der Waals surface area contributed by atoms with E-state index in [-0.39, 0.29) is 5.41 Å². The number of hydrogen-bond donors (Lipinski definition) is 0. The van der Waals surface area contributed by atoms with Crippen LogP contribution in [0.1, 0.15) is 26.3 Å². The molecule has 120 valence electrons. The van der Waals surface area contributed by atoms with Crippen LogP contribution in [0.5, 0.6) is 5.88 Å². The van der Waals surface area contributed by atoms with Gasteiger partial charge in [0, 0.05) is 25.2 Å². The molecule has 0 bridgehead atoms. The minimum atomic E-state index is 0.0577. The quantitative estimate of drug-likeness (QED) is 0.861. The van der Waals surface area contributed by atoms with E-state index < -0.39 is 0 Å². The predicted octanol–water partition coefficient (Wildman–Crippen LogP) is 1.74. The maximum absolute atomic E-state index is 5.76. The highest BCUT2D eigenvalue weighted by Gasteiger charge is 2.19. The molecule has 6 nitrogen and oxygen atoms in total. The normalized spacial score (nSPS) is 17.0. The highest BCUT2D eigenvalue weighted by atomic mass is 16.5. The van der Waals surface area contributed by atoms with E-state index in [9.17, 15) is 0 Å². The molecule has 3 heterocycles. The zero-order chi connectivity index (χ0) is 15.6. The lowest BCUT2D eigenvalue weighted by atomic mass is 9.88. The van der Waals surface area contributed by atoms with E-state index >= 15 is 0 Å². The Bertz CT molecular complexity index is 627. The van der Waals surface area contributed by atoms with Crippen molar-refractivity contribution in [1.29, 1.82) is 0 Å². The van der Waals surface area contributed by atoms with Gasteiger partial charge in [-0.3, -0.25) is 4.90 Å². The molecule has 3 rings (SSSR count). The lowest BCUT2D eigenvalue weighted by Gasteiger charge is -2.26. The molecular formula is C16H24N4O2. The molecule has 0 unspecified atom stereocenters. The van der Waals surface area contributed by atoms with Crippen molar-refractivity contribution >= 4 is 5.52 Å². The fourth-order valence-corrected chi connectivity index (χ4v) is 2.62. The van der Waals surface area contributed by atoms with Crippen LogP contribution in [0.3, 0.4) is 0 Å². The molecule has 1 fully saturated rings. The van der Waals surface area contributed by atoms with Gasteiger partial charge in [-0.25, -0.2) is 9.50 Å². The monoisotopic (exact) mass is 304 g/mol. The first-order chi connectivity index (χ1) is 10.5. The second kappa shape index (κ2) is 6.22. The van der Waals surface area contributed by atoms with Gasteiger partial charge in [0.2, 0.25) is 5.88 Å². The van der Waals surface area contributed by atoms with Gasteiger partial charge in [0.1, 0.15) is 6.61 Å². The van der Waals surface area contributed by atoms with Crippen LogP contribution >= 0.6 is 0 Å². The Morgan fingerprint density at radius 2 is 2.00 bits per heavy atom. The van der Waals surface area contributed by atoms with E-state index in [1.165, 1.54) is 5.56 Å². The van der Waals surface area contributed by atoms with E-state index in [2.05, 4.69) is 35.8 Å². The summed E-state index contributed by atoms with van der Waals surface area (Å²) < 4.78 is 12.9. The van der Waals surface area contributed by atoms with Crippen molar-refractivity contribution in [3.63, 3.8) is 0 Å². The average Bonchev–Trinajstić information content (AvgIpc) is 2.91. The molecule has 1 aliphatic heterocycles. The van der Waals surface area contributed by atoms with Crippen molar-refractivity contribution in [2.75, 3.05) is 39.5 Å². The van der Waals surface area contributed by atoms with E-state index in [0.717, 1.165) is 38.4 Å². The minimum Gasteiger partial charge on any atom is -0.475 e. The van der Waals surface area contributed by atoms with Crippen molar-refractivity contribution in [2.45, 2.75) is 26.2 Å². The molecule has 6 heteroatoms.